The summed E-state index contributed by atoms with van der Waals surface area (Å²) in [6.07, 6.45) is 2.73. The van der Waals surface area contributed by atoms with Crippen LogP contribution in [0.5, 0.6) is 5.75 Å². The molecule has 9 heteroatoms. The summed E-state index contributed by atoms with van der Waals surface area (Å²) in [4.78, 5) is 29.3. The number of amides is 2. The lowest BCUT2D eigenvalue weighted by atomic mass is 9.93. The number of aliphatic hydroxyl groups excluding tert-OH is 1. The van der Waals surface area contributed by atoms with E-state index >= 15 is 0 Å². The van der Waals surface area contributed by atoms with Crippen LogP contribution in [0.1, 0.15) is 78.8 Å². The SMILES string of the molecule is COc1cccc(C(C)(C)NC[C@@H](O)[C@H](Cc2ccccc2)NC(=O)c2cc(C(=O)NCC(C)(C)O)cc(N3CCCCC3)c2)c1. The highest BCUT2D eigenvalue weighted by Gasteiger charge is 2.28. The number of nitrogens with zero attached hydrogens (tertiary/aromatic N) is 1. The number of nitrogens with one attached hydrogen (secondary N) is 3. The Morgan fingerprint density at radius 1 is 0.891 bits per heavy atom. The predicted molar refractivity (Wildman–Crippen MR) is 183 cm³/mol. The second-order valence-corrected chi connectivity index (χ2v) is 13.4. The van der Waals surface area contributed by atoms with Gasteiger partial charge in [-0.2, -0.15) is 0 Å². The number of ether oxygens (including phenoxy) is 1. The molecule has 46 heavy (non-hydrogen) atoms. The molecule has 0 bridgehead atoms. The van der Waals surface area contributed by atoms with Crippen molar-refractivity contribution in [1.29, 1.82) is 0 Å². The van der Waals surface area contributed by atoms with Crippen LogP contribution >= 0.6 is 0 Å². The first kappa shape index (κ1) is 34.9. The number of carbonyl (C=O) groups excluding carboxylic acids is 2. The lowest BCUT2D eigenvalue weighted by Crippen LogP contribution is -2.51. The first-order valence-corrected chi connectivity index (χ1v) is 16.2. The van der Waals surface area contributed by atoms with Crippen LogP contribution in [-0.2, 0) is 12.0 Å². The minimum absolute atomic E-state index is 0.0752. The molecular formula is C37H50N4O5. The maximum absolute atomic E-state index is 13.9. The molecule has 9 nitrogen and oxygen atoms in total. The Bertz CT molecular complexity index is 1450. The standard InChI is InChI=1S/C37H50N4O5/c1-36(2,45)25-38-34(43)27-20-28(22-30(21-27)41-17-10-7-11-18-41)35(44)40-32(19-26-13-8-6-9-14-26)33(42)24-39-37(3,4)29-15-12-16-31(23-29)46-5/h6,8-9,12-16,20-23,32-33,39,42,45H,7,10-11,17-19,24-25H2,1-5H3,(H,38,43)(H,40,44)/t32-,33+/m0/s1. The fraction of sp³-hybridized carbons (Fsp3) is 0.459. The quantitative estimate of drug-likeness (QED) is 0.179. The van der Waals surface area contributed by atoms with Gasteiger partial charge in [0.2, 0.25) is 0 Å². The molecule has 3 aromatic carbocycles. The smallest absolute Gasteiger partial charge is 0.251 e. The van der Waals surface area contributed by atoms with Gasteiger partial charge in [0, 0.05) is 48.5 Å². The zero-order valence-corrected chi connectivity index (χ0v) is 27.8. The van der Waals surface area contributed by atoms with Crippen molar-refractivity contribution in [3.8, 4) is 5.75 Å². The van der Waals surface area contributed by atoms with Crippen molar-refractivity contribution in [2.75, 3.05) is 38.2 Å². The Kier molecular flexibility index (Phi) is 11.8. The van der Waals surface area contributed by atoms with Crippen molar-refractivity contribution in [1.82, 2.24) is 16.0 Å². The fourth-order valence-corrected chi connectivity index (χ4v) is 5.63. The molecule has 1 aliphatic heterocycles. The number of benzene rings is 3. The highest BCUT2D eigenvalue weighted by molar-refractivity contribution is 6.01. The summed E-state index contributed by atoms with van der Waals surface area (Å²) in [5.41, 5.74) is 1.93. The summed E-state index contributed by atoms with van der Waals surface area (Å²) in [5, 5.41) is 31.0. The number of aliphatic hydroxyl groups is 2. The van der Waals surface area contributed by atoms with Gasteiger partial charge in [0.05, 0.1) is 24.9 Å². The molecule has 2 atom stereocenters. The third-order valence-electron chi connectivity index (χ3n) is 8.47. The van der Waals surface area contributed by atoms with Crippen molar-refractivity contribution in [3.05, 3.63) is 95.1 Å². The summed E-state index contributed by atoms with van der Waals surface area (Å²) < 4.78 is 5.40. The fourth-order valence-electron chi connectivity index (χ4n) is 5.63. The van der Waals surface area contributed by atoms with Crippen LogP contribution in [0.4, 0.5) is 5.69 Å². The van der Waals surface area contributed by atoms with Crippen molar-refractivity contribution >= 4 is 17.5 Å². The average molecular weight is 631 g/mol. The topological polar surface area (TPSA) is 123 Å². The minimum Gasteiger partial charge on any atom is -0.497 e. The van der Waals surface area contributed by atoms with E-state index in [1.807, 2.05) is 80.6 Å². The van der Waals surface area contributed by atoms with Crippen LogP contribution in [0.2, 0.25) is 0 Å². The molecule has 0 aromatic heterocycles. The van der Waals surface area contributed by atoms with Crippen LogP contribution in [-0.4, -0.2) is 73.1 Å². The summed E-state index contributed by atoms with van der Waals surface area (Å²) in [7, 11) is 1.63. The van der Waals surface area contributed by atoms with Crippen LogP contribution in [0.3, 0.4) is 0 Å². The average Bonchev–Trinajstić information content (AvgIpc) is 3.06. The summed E-state index contributed by atoms with van der Waals surface area (Å²) >= 11 is 0. The van der Waals surface area contributed by atoms with Gasteiger partial charge >= 0.3 is 0 Å². The van der Waals surface area contributed by atoms with E-state index in [-0.39, 0.29) is 24.9 Å². The van der Waals surface area contributed by atoms with E-state index in [0.717, 1.165) is 54.9 Å². The number of hydrogen-bond acceptors (Lipinski definition) is 7. The molecule has 0 radical (unpaired) electrons. The minimum atomic E-state index is -1.07. The van der Waals surface area contributed by atoms with Gasteiger partial charge in [0.25, 0.3) is 11.8 Å². The normalized spacial score (nSPS) is 15.2. The Balaban J connectivity index is 1.57. The van der Waals surface area contributed by atoms with Gasteiger partial charge in [-0.25, -0.2) is 0 Å². The number of anilines is 1. The number of piperidine rings is 1. The molecule has 1 saturated heterocycles. The molecule has 1 fully saturated rings. The van der Waals surface area contributed by atoms with E-state index in [0.29, 0.717) is 17.5 Å². The molecule has 248 valence electrons. The van der Waals surface area contributed by atoms with Gasteiger partial charge < -0.3 is 35.8 Å². The Morgan fingerprint density at radius 2 is 1.57 bits per heavy atom. The zero-order chi connectivity index (χ0) is 33.3. The predicted octanol–water partition coefficient (Wildman–Crippen LogP) is 4.41. The molecule has 0 aliphatic carbocycles. The largest absolute Gasteiger partial charge is 0.497 e. The van der Waals surface area contributed by atoms with Crippen molar-refractivity contribution in [2.45, 2.75) is 76.7 Å². The van der Waals surface area contributed by atoms with Crippen LogP contribution < -0.4 is 25.6 Å². The zero-order valence-electron chi connectivity index (χ0n) is 27.8. The lowest BCUT2D eigenvalue weighted by molar-refractivity contribution is 0.0694. The number of methoxy groups -OCH3 is 1. The molecular weight excluding hydrogens is 580 g/mol. The highest BCUT2D eigenvalue weighted by atomic mass is 16.5. The van der Waals surface area contributed by atoms with Crippen molar-refractivity contribution in [2.24, 2.45) is 0 Å². The Morgan fingerprint density at radius 3 is 2.22 bits per heavy atom. The first-order chi connectivity index (χ1) is 21.8. The third kappa shape index (κ3) is 10.0. The van der Waals surface area contributed by atoms with Gasteiger partial charge in [-0.05, 0) is 94.8 Å². The number of carbonyl (C=O) groups is 2. The highest BCUT2D eigenvalue weighted by Crippen LogP contribution is 2.26. The molecule has 4 rings (SSSR count). The van der Waals surface area contributed by atoms with E-state index in [9.17, 15) is 19.8 Å². The van der Waals surface area contributed by atoms with Gasteiger partial charge in [-0.1, -0.05) is 42.5 Å². The second kappa shape index (κ2) is 15.6. The summed E-state index contributed by atoms with van der Waals surface area (Å²) in [6.45, 7) is 9.32. The number of rotatable bonds is 14. The van der Waals surface area contributed by atoms with E-state index < -0.39 is 23.3 Å². The van der Waals surface area contributed by atoms with Crippen LogP contribution in [0.25, 0.3) is 0 Å². The molecule has 1 heterocycles. The Hall–Kier alpha value is -3.92. The third-order valence-corrected chi connectivity index (χ3v) is 8.47. The van der Waals surface area contributed by atoms with Gasteiger partial charge in [0.15, 0.2) is 0 Å². The Labute approximate surface area is 273 Å². The summed E-state index contributed by atoms with van der Waals surface area (Å²) in [6, 6.07) is 22.1. The van der Waals surface area contributed by atoms with Crippen molar-refractivity contribution < 1.29 is 24.5 Å². The monoisotopic (exact) mass is 630 g/mol. The van der Waals surface area contributed by atoms with E-state index in [2.05, 4.69) is 20.9 Å². The van der Waals surface area contributed by atoms with Gasteiger partial charge in [0.1, 0.15) is 5.75 Å². The molecule has 0 spiro atoms. The first-order valence-electron chi connectivity index (χ1n) is 16.2. The van der Waals surface area contributed by atoms with Gasteiger partial charge in [-0.3, -0.25) is 9.59 Å². The number of hydrogen-bond donors (Lipinski definition) is 5. The van der Waals surface area contributed by atoms with E-state index in [4.69, 9.17) is 4.74 Å². The van der Waals surface area contributed by atoms with Crippen molar-refractivity contribution in [3.63, 3.8) is 0 Å². The molecule has 3 aromatic rings. The maximum Gasteiger partial charge on any atom is 0.251 e. The van der Waals surface area contributed by atoms with E-state index in [1.54, 1.807) is 27.0 Å². The van der Waals surface area contributed by atoms with E-state index in [1.165, 1.54) is 0 Å². The van der Waals surface area contributed by atoms with Gasteiger partial charge in [-0.15, -0.1) is 0 Å². The maximum atomic E-state index is 13.9. The lowest BCUT2D eigenvalue weighted by Gasteiger charge is -2.32. The van der Waals surface area contributed by atoms with Crippen LogP contribution in [0, 0.1) is 0 Å². The molecule has 2 amide bonds. The molecule has 0 saturated carbocycles. The second-order valence-electron chi connectivity index (χ2n) is 13.4. The summed E-state index contributed by atoms with van der Waals surface area (Å²) in [5.74, 6) is 0.0179. The molecule has 5 N–H and O–H groups in total. The molecule has 0 unspecified atom stereocenters. The molecule has 1 aliphatic rings. The van der Waals surface area contributed by atoms with Crippen LogP contribution in [0.15, 0.2) is 72.8 Å².